The summed E-state index contributed by atoms with van der Waals surface area (Å²) in [5.41, 5.74) is 3.14. The van der Waals surface area contributed by atoms with Gasteiger partial charge in [0.25, 0.3) is 5.91 Å². The van der Waals surface area contributed by atoms with Gasteiger partial charge in [0, 0.05) is 32.1 Å². The Bertz CT molecular complexity index is 1150. The van der Waals surface area contributed by atoms with E-state index in [0.29, 0.717) is 21.5 Å². The van der Waals surface area contributed by atoms with Crippen LogP contribution in [0.4, 0.5) is 5.82 Å². The summed E-state index contributed by atoms with van der Waals surface area (Å²) in [6, 6.07) is 16.5. The van der Waals surface area contributed by atoms with Gasteiger partial charge < -0.3 is 5.32 Å². The van der Waals surface area contributed by atoms with Crippen LogP contribution in [0.2, 0.25) is 5.02 Å². The molecular weight excluding hydrogens is 460 g/mol. The van der Waals surface area contributed by atoms with E-state index >= 15 is 0 Å². The van der Waals surface area contributed by atoms with Gasteiger partial charge in [0.05, 0.1) is 11.4 Å². The Hall–Kier alpha value is -2.48. The highest BCUT2D eigenvalue weighted by Gasteiger charge is 2.15. The number of nitrogens with one attached hydrogen (secondary N) is 1. The second kappa shape index (κ2) is 7.87. The van der Waals surface area contributed by atoms with Crippen LogP contribution in [0.1, 0.15) is 16.1 Å². The van der Waals surface area contributed by atoms with Gasteiger partial charge in [-0.05, 0) is 37.3 Å². The van der Waals surface area contributed by atoms with Crippen LogP contribution < -0.4 is 5.32 Å². The lowest BCUT2D eigenvalue weighted by Gasteiger charge is -2.07. The molecule has 1 amide bonds. The highest BCUT2D eigenvalue weighted by Crippen LogP contribution is 2.27. The second-order valence-corrected chi connectivity index (χ2v) is 8.26. The van der Waals surface area contributed by atoms with Crippen molar-refractivity contribution in [2.45, 2.75) is 6.92 Å². The normalized spacial score (nSPS) is 10.8. The number of carbonyl (C=O) groups is 1. The lowest BCUT2D eigenvalue weighted by molar-refractivity contribution is 0.102. The van der Waals surface area contributed by atoms with Crippen molar-refractivity contribution in [3.05, 3.63) is 80.7 Å². The third kappa shape index (κ3) is 4.01. The molecule has 0 aliphatic carbocycles. The summed E-state index contributed by atoms with van der Waals surface area (Å²) in [5, 5.41) is 10.7. The van der Waals surface area contributed by atoms with E-state index in [-0.39, 0.29) is 5.91 Å². The van der Waals surface area contributed by atoms with Gasteiger partial charge in [0.1, 0.15) is 5.82 Å². The highest BCUT2D eigenvalue weighted by atomic mass is 79.9. The van der Waals surface area contributed by atoms with Crippen LogP contribution in [0.3, 0.4) is 0 Å². The molecule has 4 aromatic rings. The molecule has 2 aromatic heterocycles. The molecule has 28 heavy (non-hydrogen) atoms. The van der Waals surface area contributed by atoms with Crippen molar-refractivity contribution in [1.29, 1.82) is 0 Å². The van der Waals surface area contributed by atoms with E-state index in [0.717, 1.165) is 21.4 Å². The van der Waals surface area contributed by atoms with Crippen molar-refractivity contribution in [2.75, 3.05) is 5.32 Å². The average molecular weight is 474 g/mol. The van der Waals surface area contributed by atoms with E-state index in [4.69, 9.17) is 11.6 Å². The van der Waals surface area contributed by atoms with E-state index in [9.17, 15) is 4.79 Å². The minimum absolute atomic E-state index is 0.211. The third-order valence-corrected chi connectivity index (χ3v) is 5.53. The maximum atomic E-state index is 12.6. The van der Waals surface area contributed by atoms with Gasteiger partial charge in [0.2, 0.25) is 5.13 Å². The molecule has 140 valence electrons. The van der Waals surface area contributed by atoms with Crippen LogP contribution in [0.25, 0.3) is 16.4 Å². The smallest absolute Gasteiger partial charge is 0.256 e. The molecule has 0 bridgehead atoms. The largest absolute Gasteiger partial charge is 0.306 e. The SMILES string of the molecule is Cc1cc(NC(=O)c2cccc(Br)c2)n(-c2nc(-c3ccc(Cl)cc3)cs2)n1. The fourth-order valence-electron chi connectivity index (χ4n) is 2.67. The quantitative estimate of drug-likeness (QED) is 0.397. The number of anilines is 1. The molecule has 2 aromatic carbocycles. The zero-order valence-electron chi connectivity index (χ0n) is 14.7. The van der Waals surface area contributed by atoms with Crippen molar-refractivity contribution in [1.82, 2.24) is 14.8 Å². The van der Waals surface area contributed by atoms with Crippen LogP contribution in [0.5, 0.6) is 0 Å². The molecular formula is C20H14BrClN4OS. The zero-order chi connectivity index (χ0) is 19.7. The van der Waals surface area contributed by atoms with Crippen molar-refractivity contribution in [3.8, 4) is 16.4 Å². The Labute approximate surface area is 179 Å². The average Bonchev–Trinajstić information content (AvgIpc) is 3.29. The summed E-state index contributed by atoms with van der Waals surface area (Å²) in [7, 11) is 0. The summed E-state index contributed by atoms with van der Waals surface area (Å²) in [5.74, 6) is 0.358. The number of amides is 1. The third-order valence-electron chi connectivity index (χ3n) is 3.97. The lowest BCUT2D eigenvalue weighted by Crippen LogP contribution is -2.15. The van der Waals surface area contributed by atoms with Gasteiger partial charge in [-0.3, -0.25) is 4.79 Å². The van der Waals surface area contributed by atoms with Crippen molar-refractivity contribution in [3.63, 3.8) is 0 Å². The van der Waals surface area contributed by atoms with Gasteiger partial charge in [-0.2, -0.15) is 9.78 Å². The van der Waals surface area contributed by atoms with Crippen LogP contribution in [-0.2, 0) is 0 Å². The maximum Gasteiger partial charge on any atom is 0.256 e. The molecule has 1 N–H and O–H groups in total. The molecule has 0 atom stereocenters. The number of carbonyl (C=O) groups excluding carboxylic acids is 1. The fraction of sp³-hybridized carbons (Fsp3) is 0.0500. The lowest BCUT2D eigenvalue weighted by atomic mass is 10.2. The van der Waals surface area contributed by atoms with Crippen LogP contribution in [0.15, 0.2) is 64.5 Å². The van der Waals surface area contributed by atoms with Crippen LogP contribution in [0, 0.1) is 6.92 Å². The van der Waals surface area contributed by atoms with Crippen LogP contribution in [-0.4, -0.2) is 20.7 Å². The van der Waals surface area contributed by atoms with E-state index in [1.54, 1.807) is 16.8 Å². The molecule has 2 heterocycles. The number of hydrogen-bond acceptors (Lipinski definition) is 4. The van der Waals surface area contributed by atoms with Crippen molar-refractivity contribution >= 4 is 50.6 Å². The fourth-order valence-corrected chi connectivity index (χ4v) is 3.99. The second-order valence-electron chi connectivity index (χ2n) is 6.07. The van der Waals surface area contributed by atoms with E-state index in [2.05, 4.69) is 31.3 Å². The molecule has 8 heteroatoms. The molecule has 0 aliphatic heterocycles. The standard InChI is InChI=1S/C20H14BrClN4OS/c1-12-9-18(24-19(27)14-3-2-4-15(21)10-14)26(25-12)20-23-17(11-28-20)13-5-7-16(22)8-6-13/h2-11H,1H3,(H,24,27). The monoisotopic (exact) mass is 472 g/mol. The molecule has 0 spiro atoms. The summed E-state index contributed by atoms with van der Waals surface area (Å²) in [6.45, 7) is 1.87. The first-order valence-corrected chi connectivity index (χ1v) is 10.4. The molecule has 0 saturated carbocycles. The Kier molecular flexibility index (Phi) is 5.30. The van der Waals surface area contributed by atoms with Gasteiger partial charge in [-0.1, -0.05) is 45.7 Å². The number of aromatic nitrogens is 3. The Morgan fingerprint density at radius 2 is 1.96 bits per heavy atom. The summed E-state index contributed by atoms with van der Waals surface area (Å²) >= 11 is 10.8. The molecule has 0 radical (unpaired) electrons. The summed E-state index contributed by atoms with van der Waals surface area (Å²) in [4.78, 5) is 17.3. The van der Waals surface area contributed by atoms with E-state index in [1.807, 2.05) is 54.8 Å². The number of thiazole rings is 1. The van der Waals surface area contributed by atoms with Crippen molar-refractivity contribution < 1.29 is 4.79 Å². The van der Waals surface area contributed by atoms with Gasteiger partial charge in [0.15, 0.2) is 0 Å². The van der Waals surface area contributed by atoms with Gasteiger partial charge in [-0.15, -0.1) is 11.3 Å². The molecule has 0 saturated heterocycles. The minimum Gasteiger partial charge on any atom is -0.306 e. The van der Waals surface area contributed by atoms with E-state index < -0.39 is 0 Å². The number of rotatable bonds is 4. The molecule has 0 unspecified atom stereocenters. The molecule has 0 aliphatic rings. The maximum absolute atomic E-state index is 12.6. The molecule has 4 rings (SSSR count). The van der Waals surface area contributed by atoms with Gasteiger partial charge >= 0.3 is 0 Å². The van der Waals surface area contributed by atoms with E-state index in [1.165, 1.54) is 11.3 Å². The first kappa shape index (κ1) is 18.9. The van der Waals surface area contributed by atoms with Gasteiger partial charge in [-0.25, -0.2) is 4.98 Å². The van der Waals surface area contributed by atoms with Crippen molar-refractivity contribution in [2.24, 2.45) is 0 Å². The number of benzene rings is 2. The zero-order valence-corrected chi connectivity index (χ0v) is 17.8. The number of hydrogen-bond donors (Lipinski definition) is 1. The predicted molar refractivity (Wildman–Crippen MR) is 117 cm³/mol. The first-order valence-electron chi connectivity index (χ1n) is 8.35. The Morgan fingerprint density at radius 1 is 1.18 bits per heavy atom. The summed E-state index contributed by atoms with van der Waals surface area (Å²) in [6.07, 6.45) is 0. The summed E-state index contributed by atoms with van der Waals surface area (Å²) < 4.78 is 2.49. The highest BCUT2D eigenvalue weighted by molar-refractivity contribution is 9.10. The Balaban J connectivity index is 1.63. The number of aryl methyl sites for hydroxylation is 1. The number of nitrogens with zero attached hydrogens (tertiary/aromatic N) is 3. The topological polar surface area (TPSA) is 59.8 Å². The molecule has 5 nitrogen and oxygen atoms in total. The first-order chi connectivity index (χ1) is 13.5. The molecule has 0 fully saturated rings. The minimum atomic E-state index is -0.211. The van der Waals surface area contributed by atoms with Crippen LogP contribution >= 0.6 is 38.9 Å². The Morgan fingerprint density at radius 3 is 2.71 bits per heavy atom. The predicted octanol–water partition coefficient (Wildman–Crippen LogP) is 5.97. The number of halogens is 2.